The minimum atomic E-state index is -1.16. The fourth-order valence-corrected chi connectivity index (χ4v) is 1.46. The van der Waals surface area contributed by atoms with Crippen molar-refractivity contribution in [3.63, 3.8) is 0 Å². The van der Waals surface area contributed by atoms with Gasteiger partial charge in [-0.1, -0.05) is 0 Å². The molecule has 0 radical (unpaired) electrons. The Bertz CT molecular complexity index is 653. The maximum atomic E-state index is 10.3. The average molecular weight is 306 g/mol. The van der Waals surface area contributed by atoms with E-state index in [4.69, 9.17) is 31.9 Å². The van der Waals surface area contributed by atoms with Crippen molar-refractivity contribution in [2.24, 2.45) is 0 Å². The van der Waals surface area contributed by atoms with Crippen molar-refractivity contribution in [3.05, 3.63) is 47.5 Å². The van der Waals surface area contributed by atoms with E-state index in [9.17, 15) is 9.59 Å². The van der Waals surface area contributed by atoms with Crippen LogP contribution in [0.4, 0.5) is 11.4 Å². The van der Waals surface area contributed by atoms with Gasteiger partial charge in [0.2, 0.25) is 0 Å². The van der Waals surface area contributed by atoms with E-state index in [0.717, 1.165) is 0 Å². The Morgan fingerprint density at radius 3 is 1.27 bits per heavy atom. The molecule has 22 heavy (non-hydrogen) atoms. The van der Waals surface area contributed by atoms with Crippen LogP contribution >= 0.6 is 0 Å². The number of hydrogen-bond acceptors (Lipinski definition) is 6. The first-order valence-electron chi connectivity index (χ1n) is 5.86. The molecule has 0 heterocycles. The van der Waals surface area contributed by atoms with Crippen molar-refractivity contribution in [2.75, 3.05) is 11.5 Å². The lowest BCUT2D eigenvalue weighted by atomic mass is 10.2. The molecule has 2 aromatic carbocycles. The summed E-state index contributed by atoms with van der Waals surface area (Å²) in [6.45, 7) is 0. The van der Waals surface area contributed by atoms with Crippen LogP contribution < -0.4 is 11.5 Å². The van der Waals surface area contributed by atoms with E-state index in [1.165, 1.54) is 36.4 Å². The first-order valence-corrected chi connectivity index (χ1v) is 5.86. The molecule has 8 nitrogen and oxygen atoms in total. The van der Waals surface area contributed by atoms with Crippen LogP contribution in [0.1, 0.15) is 20.7 Å². The lowest BCUT2D eigenvalue weighted by molar-refractivity contribution is 0.0682. The zero-order chi connectivity index (χ0) is 16.9. The fraction of sp³-hybridized carbons (Fsp3) is 0. The molecule has 0 amide bonds. The second kappa shape index (κ2) is 6.84. The smallest absolute Gasteiger partial charge is 0.339 e. The number of aromatic carboxylic acids is 2. The summed E-state index contributed by atoms with van der Waals surface area (Å²) in [6, 6.07) is 7.75. The van der Waals surface area contributed by atoms with E-state index < -0.39 is 11.9 Å². The highest BCUT2D eigenvalue weighted by atomic mass is 16.4. The Hall–Kier alpha value is -3.42. The van der Waals surface area contributed by atoms with Crippen LogP contribution in [0.5, 0.6) is 11.5 Å². The quantitative estimate of drug-likeness (QED) is 0.452. The predicted molar refractivity (Wildman–Crippen MR) is 79.0 cm³/mol. The number of carbonyl (C=O) groups is 2. The lowest BCUT2D eigenvalue weighted by Gasteiger charge is -1.98. The van der Waals surface area contributed by atoms with Gasteiger partial charge in [0.25, 0.3) is 0 Å². The molecule has 0 aliphatic rings. The summed E-state index contributed by atoms with van der Waals surface area (Å²) in [4.78, 5) is 20.7. The van der Waals surface area contributed by atoms with Gasteiger partial charge in [-0.05, 0) is 24.3 Å². The summed E-state index contributed by atoms with van der Waals surface area (Å²) in [7, 11) is 0. The van der Waals surface area contributed by atoms with Gasteiger partial charge < -0.3 is 31.9 Å². The SMILES string of the molecule is Nc1ccc(C(=O)O)c(O)c1.Nc1ccc(C(=O)O)c(O)c1. The van der Waals surface area contributed by atoms with Gasteiger partial charge in [-0.3, -0.25) is 0 Å². The number of phenols is 2. The van der Waals surface area contributed by atoms with E-state index in [2.05, 4.69) is 0 Å². The molecule has 0 atom stereocenters. The second-order valence-corrected chi connectivity index (χ2v) is 4.16. The van der Waals surface area contributed by atoms with Crippen molar-refractivity contribution in [2.45, 2.75) is 0 Å². The Morgan fingerprint density at radius 1 is 0.727 bits per heavy atom. The van der Waals surface area contributed by atoms with Gasteiger partial charge in [-0.15, -0.1) is 0 Å². The predicted octanol–water partition coefficient (Wildman–Crippen LogP) is 1.35. The highest BCUT2D eigenvalue weighted by Gasteiger charge is 2.08. The molecule has 8 N–H and O–H groups in total. The van der Waals surface area contributed by atoms with E-state index in [1.807, 2.05) is 0 Å². The summed E-state index contributed by atoms with van der Waals surface area (Å²) in [5.74, 6) is -2.94. The third-order valence-corrected chi connectivity index (χ3v) is 2.50. The van der Waals surface area contributed by atoms with Crippen molar-refractivity contribution < 1.29 is 30.0 Å². The summed E-state index contributed by atoms with van der Waals surface area (Å²) < 4.78 is 0. The number of hydrogen-bond donors (Lipinski definition) is 6. The normalized spacial score (nSPS) is 9.45. The van der Waals surface area contributed by atoms with E-state index in [0.29, 0.717) is 11.4 Å². The number of benzene rings is 2. The molecular formula is C14H14N2O6. The molecule has 8 heteroatoms. The summed E-state index contributed by atoms with van der Waals surface area (Å²) in [5.41, 5.74) is 11.0. The zero-order valence-corrected chi connectivity index (χ0v) is 11.2. The number of rotatable bonds is 2. The van der Waals surface area contributed by atoms with Gasteiger partial charge in [-0.25, -0.2) is 9.59 Å². The van der Waals surface area contributed by atoms with E-state index in [1.54, 1.807) is 0 Å². The standard InChI is InChI=1S/2C7H7NO3/c2*8-4-1-2-5(7(10)11)6(9)3-4/h2*1-3,9H,8H2,(H,10,11). The molecule has 0 bridgehead atoms. The van der Waals surface area contributed by atoms with Gasteiger partial charge in [0.05, 0.1) is 0 Å². The zero-order valence-electron chi connectivity index (χ0n) is 11.2. The van der Waals surface area contributed by atoms with Crippen LogP contribution in [0, 0.1) is 0 Å². The third kappa shape index (κ3) is 4.30. The molecule has 0 saturated carbocycles. The Kier molecular flexibility index (Phi) is 5.17. The molecule has 2 aromatic rings. The molecule has 0 aliphatic carbocycles. The van der Waals surface area contributed by atoms with Crippen LogP contribution in [-0.4, -0.2) is 32.4 Å². The summed E-state index contributed by atoms with van der Waals surface area (Å²) >= 11 is 0. The number of aromatic hydroxyl groups is 2. The van der Waals surface area contributed by atoms with Gasteiger partial charge in [0.1, 0.15) is 22.6 Å². The molecule has 0 aromatic heterocycles. The topological polar surface area (TPSA) is 167 Å². The average Bonchev–Trinajstić information content (AvgIpc) is 2.38. The fourth-order valence-electron chi connectivity index (χ4n) is 1.46. The van der Waals surface area contributed by atoms with Crippen LogP contribution in [0.3, 0.4) is 0 Å². The Balaban J connectivity index is 0.000000220. The maximum Gasteiger partial charge on any atom is 0.339 e. The van der Waals surface area contributed by atoms with E-state index in [-0.39, 0.29) is 22.6 Å². The largest absolute Gasteiger partial charge is 0.507 e. The van der Waals surface area contributed by atoms with E-state index >= 15 is 0 Å². The number of nitrogen functional groups attached to an aromatic ring is 2. The van der Waals surface area contributed by atoms with Crippen LogP contribution in [0.15, 0.2) is 36.4 Å². The Labute approximate surface area is 124 Å². The monoisotopic (exact) mass is 306 g/mol. The van der Waals surface area contributed by atoms with Gasteiger partial charge >= 0.3 is 11.9 Å². The third-order valence-electron chi connectivity index (χ3n) is 2.50. The first kappa shape index (κ1) is 16.6. The minimum absolute atomic E-state index is 0.140. The van der Waals surface area contributed by atoms with Crippen molar-refractivity contribution >= 4 is 23.3 Å². The van der Waals surface area contributed by atoms with Crippen molar-refractivity contribution in [1.82, 2.24) is 0 Å². The highest BCUT2D eigenvalue weighted by molar-refractivity contribution is 5.91. The molecule has 0 fully saturated rings. The first-order chi connectivity index (χ1) is 10.2. The molecule has 0 unspecified atom stereocenters. The minimum Gasteiger partial charge on any atom is -0.507 e. The molecule has 0 saturated heterocycles. The summed E-state index contributed by atoms with van der Waals surface area (Å²) in [5, 5.41) is 34.9. The van der Waals surface area contributed by atoms with Crippen LogP contribution in [0.25, 0.3) is 0 Å². The Morgan fingerprint density at radius 2 is 1.05 bits per heavy atom. The van der Waals surface area contributed by atoms with Crippen LogP contribution in [-0.2, 0) is 0 Å². The molecule has 0 aliphatic heterocycles. The van der Waals surface area contributed by atoms with Crippen molar-refractivity contribution in [1.29, 1.82) is 0 Å². The second-order valence-electron chi connectivity index (χ2n) is 4.16. The number of nitrogens with two attached hydrogens (primary N) is 2. The number of carboxylic acids is 2. The molecule has 2 rings (SSSR count). The van der Waals surface area contributed by atoms with Crippen molar-refractivity contribution in [3.8, 4) is 11.5 Å². The number of carboxylic acid groups (broad SMARTS) is 2. The van der Waals surface area contributed by atoms with Crippen LogP contribution in [0.2, 0.25) is 0 Å². The van der Waals surface area contributed by atoms with Gasteiger partial charge in [0.15, 0.2) is 0 Å². The lowest BCUT2D eigenvalue weighted by Crippen LogP contribution is -1.97. The number of anilines is 2. The highest BCUT2D eigenvalue weighted by Crippen LogP contribution is 2.20. The van der Waals surface area contributed by atoms with Gasteiger partial charge in [-0.2, -0.15) is 0 Å². The van der Waals surface area contributed by atoms with Gasteiger partial charge in [0, 0.05) is 23.5 Å². The molecule has 116 valence electrons. The molecular weight excluding hydrogens is 292 g/mol. The molecule has 0 spiro atoms. The summed E-state index contributed by atoms with van der Waals surface area (Å²) in [6.07, 6.45) is 0. The maximum absolute atomic E-state index is 10.3.